The third-order valence-electron chi connectivity index (χ3n) is 3.56. The molecule has 22 heavy (non-hydrogen) atoms. The molecule has 0 atom stereocenters. The van der Waals surface area contributed by atoms with Gasteiger partial charge in [-0.3, -0.25) is 4.79 Å². The van der Waals surface area contributed by atoms with Crippen LogP contribution < -0.4 is 5.56 Å². The lowest BCUT2D eigenvalue weighted by Gasteiger charge is -2.01. The van der Waals surface area contributed by atoms with Crippen LogP contribution in [-0.4, -0.2) is 9.97 Å². The molecule has 1 N–H and O–H groups in total. The summed E-state index contributed by atoms with van der Waals surface area (Å²) in [4.78, 5) is 21.8. The van der Waals surface area contributed by atoms with Crippen LogP contribution in [0.15, 0.2) is 57.9 Å². The number of nitrogens with zero attached hydrogens (tertiary/aromatic N) is 1. The van der Waals surface area contributed by atoms with E-state index in [1.807, 2.05) is 37.3 Å². The average Bonchev–Trinajstić information content (AvgIpc) is 3.15. The van der Waals surface area contributed by atoms with Crippen LogP contribution in [0.25, 0.3) is 32.9 Å². The molecule has 3 aromatic heterocycles. The van der Waals surface area contributed by atoms with Crippen LogP contribution in [0.5, 0.6) is 0 Å². The molecule has 0 radical (unpaired) electrons. The second-order valence-corrected chi connectivity index (χ2v) is 6.17. The summed E-state index contributed by atoms with van der Waals surface area (Å²) < 4.78 is 5.32. The third kappa shape index (κ3) is 1.98. The zero-order valence-corrected chi connectivity index (χ0v) is 12.6. The van der Waals surface area contributed by atoms with E-state index < -0.39 is 0 Å². The zero-order chi connectivity index (χ0) is 15.1. The predicted octanol–water partition coefficient (Wildman–Crippen LogP) is 4.22. The minimum absolute atomic E-state index is 0.139. The van der Waals surface area contributed by atoms with Crippen molar-refractivity contribution in [3.05, 3.63) is 64.0 Å². The summed E-state index contributed by atoms with van der Waals surface area (Å²) in [6, 6.07) is 13.5. The van der Waals surface area contributed by atoms with Gasteiger partial charge in [-0.25, -0.2) is 4.98 Å². The highest BCUT2D eigenvalue weighted by Crippen LogP contribution is 2.35. The van der Waals surface area contributed by atoms with E-state index in [2.05, 4.69) is 9.97 Å². The summed E-state index contributed by atoms with van der Waals surface area (Å²) >= 11 is 1.53. The molecular weight excluding hydrogens is 296 g/mol. The summed E-state index contributed by atoms with van der Waals surface area (Å²) in [6.45, 7) is 2.01. The molecule has 1 aromatic carbocycles. The highest BCUT2D eigenvalue weighted by atomic mass is 32.1. The van der Waals surface area contributed by atoms with E-state index in [9.17, 15) is 4.79 Å². The molecule has 0 bridgehead atoms. The van der Waals surface area contributed by atoms with Crippen LogP contribution in [0.3, 0.4) is 0 Å². The van der Waals surface area contributed by atoms with Crippen molar-refractivity contribution in [3.63, 3.8) is 0 Å². The Kier molecular flexibility index (Phi) is 2.94. The fourth-order valence-corrected chi connectivity index (χ4v) is 3.65. The topological polar surface area (TPSA) is 58.9 Å². The van der Waals surface area contributed by atoms with Gasteiger partial charge in [-0.05, 0) is 24.6 Å². The van der Waals surface area contributed by atoms with Gasteiger partial charge in [0.15, 0.2) is 11.6 Å². The molecule has 3 heterocycles. The van der Waals surface area contributed by atoms with Crippen molar-refractivity contribution >= 4 is 21.6 Å². The van der Waals surface area contributed by atoms with Gasteiger partial charge in [0.05, 0.1) is 11.6 Å². The lowest BCUT2D eigenvalue weighted by Crippen LogP contribution is -2.08. The van der Waals surface area contributed by atoms with E-state index in [-0.39, 0.29) is 5.56 Å². The molecule has 4 rings (SSSR count). The SMILES string of the molecule is Cc1sc2nc(-c3ccco3)[nH]c(=O)c2c1-c1ccccc1. The summed E-state index contributed by atoms with van der Waals surface area (Å²) in [7, 11) is 0. The first-order valence-corrected chi connectivity index (χ1v) is 7.68. The number of rotatable bonds is 2. The monoisotopic (exact) mass is 308 g/mol. The third-order valence-corrected chi connectivity index (χ3v) is 4.55. The van der Waals surface area contributed by atoms with Crippen molar-refractivity contribution in [1.29, 1.82) is 0 Å². The van der Waals surface area contributed by atoms with Gasteiger partial charge in [-0.1, -0.05) is 30.3 Å². The number of H-pyrrole nitrogens is 1. The van der Waals surface area contributed by atoms with Gasteiger partial charge >= 0.3 is 0 Å². The highest BCUT2D eigenvalue weighted by Gasteiger charge is 2.17. The molecule has 4 nitrogen and oxygen atoms in total. The zero-order valence-electron chi connectivity index (χ0n) is 11.8. The van der Waals surface area contributed by atoms with Gasteiger partial charge in [-0.2, -0.15) is 0 Å². The van der Waals surface area contributed by atoms with Crippen LogP contribution in [0.4, 0.5) is 0 Å². The minimum atomic E-state index is -0.139. The van der Waals surface area contributed by atoms with Crippen molar-refractivity contribution in [3.8, 4) is 22.7 Å². The summed E-state index contributed by atoms with van der Waals surface area (Å²) in [6.07, 6.45) is 1.56. The average molecular weight is 308 g/mol. The van der Waals surface area contributed by atoms with Gasteiger partial charge in [0.25, 0.3) is 5.56 Å². The molecule has 0 aliphatic heterocycles. The number of furan rings is 1. The normalized spacial score (nSPS) is 11.1. The largest absolute Gasteiger partial charge is 0.461 e. The second kappa shape index (κ2) is 4.96. The fourth-order valence-electron chi connectivity index (χ4n) is 2.60. The maximum Gasteiger partial charge on any atom is 0.260 e. The van der Waals surface area contributed by atoms with Gasteiger partial charge in [0, 0.05) is 10.4 Å². The van der Waals surface area contributed by atoms with Crippen LogP contribution in [0.1, 0.15) is 4.88 Å². The molecule has 0 aliphatic carbocycles. The van der Waals surface area contributed by atoms with Crippen LogP contribution >= 0.6 is 11.3 Å². The smallest absolute Gasteiger partial charge is 0.260 e. The number of benzene rings is 1. The fraction of sp³-hybridized carbons (Fsp3) is 0.0588. The Balaban J connectivity index is 2.02. The highest BCUT2D eigenvalue weighted by molar-refractivity contribution is 7.19. The predicted molar refractivity (Wildman–Crippen MR) is 88.1 cm³/mol. The maximum absolute atomic E-state index is 12.6. The Morgan fingerprint density at radius 1 is 1.14 bits per heavy atom. The lowest BCUT2D eigenvalue weighted by molar-refractivity contribution is 0.577. The minimum Gasteiger partial charge on any atom is -0.461 e. The molecule has 0 aliphatic rings. The van der Waals surface area contributed by atoms with Crippen LogP contribution in [0.2, 0.25) is 0 Å². The van der Waals surface area contributed by atoms with Crippen molar-refractivity contribution in [2.45, 2.75) is 6.92 Å². The van der Waals surface area contributed by atoms with Crippen molar-refractivity contribution in [2.75, 3.05) is 0 Å². The Morgan fingerprint density at radius 3 is 2.68 bits per heavy atom. The van der Waals surface area contributed by atoms with E-state index in [0.717, 1.165) is 20.8 Å². The molecule has 0 saturated heterocycles. The summed E-state index contributed by atoms with van der Waals surface area (Å²) in [5, 5.41) is 0.643. The lowest BCUT2D eigenvalue weighted by atomic mass is 10.0. The molecule has 108 valence electrons. The maximum atomic E-state index is 12.6. The van der Waals surface area contributed by atoms with Gasteiger partial charge in [0.2, 0.25) is 0 Å². The standard InChI is InChI=1S/C17H12N2O2S/c1-10-13(11-6-3-2-4-7-11)14-16(20)18-15(19-17(14)22-10)12-8-5-9-21-12/h2-9H,1H3,(H,18,19,20). The molecule has 4 aromatic rings. The number of aromatic amines is 1. The summed E-state index contributed by atoms with van der Waals surface area (Å²) in [5.74, 6) is 1.02. The Hall–Kier alpha value is -2.66. The second-order valence-electron chi connectivity index (χ2n) is 4.97. The number of nitrogens with one attached hydrogen (secondary N) is 1. The Morgan fingerprint density at radius 2 is 1.95 bits per heavy atom. The first-order valence-electron chi connectivity index (χ1n) is 6.87. The molecule has 0 spiro atoms. The van der Waals surface area contributed by atoms with E-state index >= 15 is 0 Å². The molecule has 0 amide bonds. The molecular formula is C17H12N2O2S. The number of fused-ring (bicyclic) bond motifs is 1. The van der Waals surface area contributed by atoms with Gasteiger partial charge in [0.1, 0.15) is 4.83 Å². The van der Waals surface area contributed by atoms with Gasteiger partial charge in [-0.15, -0.1) is 11.3 Å². The Bertz CT molecular complexity index is 999. The molecule has 5 heteroatoms. The first-order chi connectivity index (χ1) is 10.7. The number of aryl methyl sites for hydroxylation is 1. The number of thiophene rings is 1. The van der Waals surface area contributed by atoms with E-state index in [4.69, 9.17) is 4.42 Å². The van der Waals surface area contributed by atoms with E-state index in [0.29, 0.717) is 17.0 Å². The first kappa shape index (κ1) is 13.0. The molecule has 0 saturated carbocycles. The Labute approximate surface area is 130 Å². The quantitative estimate of drug-likeness (QED) is 0.603. The van der Waals surface area contributed by atoms with Crippen molar-refractivity contribution in [2.24, 2.45) is 0 Å². The van der Waals surface area contributed by atoms with Crippen molar-refractivity contribution in [1.82, 2.24) is 9.97 Å². The van der Waals surface area contributed by atoms with Crippen molar-refractivity contribution < 1.29 is 4.42 Å². The van der Waals surface area contributed by atoms with E-state index in [1.165, 1.54) is 11.3 Å². The van der Waals surface area contributed by atoms with E-state index in [1.54, 1.807) is 18.4 Å². The number of hydrogen-bond acceptors (Lipinski definition) is 4. The van der Waals surface area contributed by atoms with Gasteiger partial charge < -0.3 is 9.40 Å². The molecule has 0 unspecified atom stereocenters. The molecule has 0 fully saturated rings. The van der Waals surface area contributed by atoms with Crippen LogP contribution in [0, 0.1) is 6.92 Å². The van der Waals surface area contributed by atoms with Crippen LogP contribution in [-0.2, 0) is 0 Å². The summed E-state index contributed by atoms with van der Waals surface area (Å²) in [5.41, 5.74) is 1.85. The number of aromatic nitrogens is 2. The number of hydrogen-bond donors (Lipinski definition) is 1.